The SMILES string of the molecule is c1ccc(-c2ccc(-c3nc(-c4ccc5ccccc5c4)nc(-c4cc(C5CCc6cc7ccccc7cc6-c6ccc7ccccc7c65)c5c(c4)oc4c6ccccc6ccc45)n3)cc2)cc1. The van der Waals surface area contributed by atoms with E-state index in [-0.39, 0.29) is 5.92 Å². The first-order valence-corrected chi connectivity index (χ1v) is 23.5. The summed E-state index contributed by atoms with van der Waals surface area (Å²) >= 11 is 0. The molecule has 4 nitrogen and oxygen atoms in total. The lowest BCUT2D eigenvalue weighted by atomic mass is 9.80. The van der Waals surface area contributed by atoms with E-state index in [9.17, 15) is 0 Å². The maximum absolute atomic E-state index is 7.14. The lowest BCUT2D eigenvalue weighted by Crippen LogP contribution is -2.06. The van der Waals surface area contributed by atoms with E-state index < -0.39 is 0 Å². The average Bonchev–Trinajstić information content (AvgIpc) is 3.72. The molecule has 1 atom stereocenters. The maximum atomic E-state index is 7.14. The molecule has 4 heteroatoms. The van der Waals surface area contributed by atoms with Gasteiger partial charge >= 0.3 is 0 Å². The molecular weight excluding hydrogens is 827 g/mol. The quantitative estimate of drug-likeness (QED) is 0.173. The predicted octanol–water partition coefficient (Wildman–Crippen LogP) is 16.8. The predicted molar refractivity (Wildman–Crippen MR) is 281 cm³/mol. The van der Waals surface area contributed by atoms with Gasteiger partial charge in [-0.25, -0.2) is 15.0 Å². The maximum Gasteiger partial charge on any atom is 0.164 e. The van der Waals surface area contributed by atoms with Crippen molar-refractivity contribution in [2.45, 2.75) is 18.8 Å². The van der Waals surface area contributed by atoms with Crippen LogP contribution in [0.5, 0.6) is 0 Å². The minimum atomic E-state index is 0.00753. The van der Waals surface area contributed by atoms with Crippen molar-refractivity contribution in [3.63, 3.8) is 0 Å². The fourth-order valence-electron chi connectivity index (χ4n) is 11.0. The van der Waals surface area contributed by atoms with Crippen LogP contribution in [-0.4, -0.2) is 15.0 Å². The molecule has 0 N–H and O–H groups in total. The molecule has 0 spiro atoms. The molecule has 0 saturated heterocycles. The summed E-state index contributed by atoms with van der Waals surface area (Å²) in [7, 11) is 0. The Morgan fingerprint density at radius 2 is 0.926 bits per heavy atom. The molecule has 11 aromatic carbocycles. The van der Waals surface area contributed by atoms with Gasteiger partial charge in [0.05, 0.1) is 0 Å². The van der Waals surface area contributed by atoms with Crippen molar-refractivity contribution in [3.05, 3.63) is 235 Å². The van der Waals surface area contributed by atoms with Gasteiger partial charge in [-0.1, -0.05) is 188 Å². The van der Waals surface area contributed by atoms with Gasteiger partial charge in [0.25, 0.3) is 0 Å². The Balaban J connectivity index is 1.03. The smallest absolute Gasteiger partial charge is 0.164 e. The first-order chi connectivity index (χ1) is 33.7. The summed E-state index contributed by atoms with van der Waals surface area (Å²) in [5.74, 6) is 1.84. The van der Waals surface area contributed by atoms with Gasteiger partial charge in [0, 0.05) is 38.8 Å². The lowest BCUT2D eigenvalue weighted by Gasteiger charge is -2.23. The molecule has 0 radical (unpaired) electrons. The van der Waals surface area contributed by atoms with Gasteiger partial charge in [0.15, 0.2) is 17.5 Å². The normalized spacial score (nSPS) is 13.6. The number of aromatic nitrogens is 3. The third-order valence-corrected chi connectivity index (χ3v) is 14.3. The Hall–Kier alpha value is -8.73. The van der Waals surface area contributed by atoms with Crippen molar-refractivity contribution in [1.82, 2.24) is 15.0 Å². The second-order valence-corrected chi connectivity index (χ2v) is 18.2. The second-order valence-electron chi connectivity index (χ2n) is 18.2. The van der Waals surface area contributed by atoms with E-state index in [1.165, 1.54) is 54.7 Å². The van der Waals surface area contributed by atoms with E-state index in [1.54, 1.807) is 0 Å². The van der Waals surface area contributed by atoms with Crippen LogP contribution >= 0.6 is 0 Å². The number of aryl methyl sites for hydroxylation is 1. The Labute approximate surface area is 392 Å². The van der Waals surface area contributed by atoms with Crippen molar-refractivity contribution >= 4 is 65.0 Å². The summed E-state index contributed by atoms with van der Waals surface area (Å²) in [6.45, 7) is 0. The number of furan rings is 1. The highest BCUT2D eigenvalue weighted by molar-refractivity contribution is 6.17. The van der Waals surface area contributed by atoms with Crippen LogP contribution in [0.1, 0.15) is 29.0 Å². The molecule has 318 valence electrons. The first kappa shape index (κ1) is 38.5. The fourth-order valence-corrected chi connectivity index (χ4v) is 11.0. The molecule has 13 aromatic rings. The van der Waals surface area contributed by atoms with Crippen LogP contribution in [0.25, 0.3) is 121 Å². The fraction of sp³-hybridized carbons (Fsp3) is 0.0469. The number of hydrogen-bond donors (Lipinski definition) is 0. The van der Waals surface area contributed by atoms with Crippen molar-refractivity contribution in [1.29, 1.82) is 0 Å². The molecule has 0 fully saturated rings. The molecule has 1 unspecified atom stereocenters. The van der Waals surface area contributed by atoms with Gasteiger partial charge in [-0.3, -0.25) is 0 Å². The Morgan fingerprint density at radius 3 is 1.71 bits per heavy atom. The minimum absolute atomic E-state index is 0.00753. The topological polar surface area (TPSA) is 51.8 Å². The summed E-state index contributed by atoms with van der Waals surface area (Å²) in [6.07, 6.45) is 1.82. The van der Waals surface area contributed by atoms with Gasteiger partial charge in [-0.2, -0.15) is 0 Å². The van der Waals surface area contributed by atoms with E-state index in [0.29, 0.717) is 17.5 Å². The van der Waals surface area contributed by atoms with Crippen molar-refractivity contribution in [2.75, 3.05) is 0 Å². The molecular formula is C64H41N3O. The number of rotatable bonds is 5. The lowest BCUT2D eigenvalue weighted by molar-refractivity contribution is 0.671. The van der Waals surface area contributed by atoms with E-state index >= 15 is 0 Å². The molecule has 2 aromatic heterocycles. The Morgan fingerprint density at radius 1 is 0.368 bits per heavy atom. The summed E-state index contributed by atoms with van der Waals surface area (Å²) in [4.78, 5) is 16.0. The van der Waals surface area contributed by atoms with Crippen LogP contribution < -0.4 is 0 Å². The van der Waals surface area contributed by atoms with Gasteiger partial charge in [0.2, 0.25) is 0 Å². The molecule has 1 aliphatic rings. The highest BCUT2D eigenvalue weighted by atomic mass is 16.3. The number of fused-ring (bicyclic) bond motifs is 12. The summed E-state index contributed by atoms with van der Waals surface area (Å²) in [5, 5.41) is 11.8. The third-order valence-electron chi connectivity index (χ3n) is 14.3. The molecule has 2 heterocycles. The number of benzene rings is 11. The highest BCUT2D eigenvalue weighted by Crippen LogP contribution is 2.50. The summed E-state index contributed by atoms with van der Waals surface area (Å²) in [6, 6.07) is 78.6. The zero-order valence-corrected chi connectivity index (χ0v) is 37.0. The van der Waals surface area contributed by atoms with E-state index in [1.807, 2.05) is 6.07 Å². The molecule has 0 saturated carbocycles. The zero-order valence-electron chi connectivity index (χ0n) is 37.0. The first-order valence-electron chi connectivity index (χ1n) is 23.5. The molecule has 0 bridgehead atoms. The Bertz CT molecular complexity index is 4150. The molecule has 0 aliphatic heterocycles. The Kier molecular flexibility index (Phi) is 8.75. The van der Waals surface area contributed by atoms with Crippen molar-refractivity contribution in [2.24, 2.45) is 0 Å². The number of nitrogens with zero attached hydrogens (tertiary/aromatic N) is 3. The van der Waals surface area contributed by atoms with Crippen molar-refractivity contribution in [3.8, 4) is 56.4 Å². The van der Waals surface area contributed by atoms with Gasteiger partial charge in [-0.15, -0.1) is 0 Å². The van der Waals surface area contributed by atoms with E-state index in [2.05, 4.69) is 212 Å². The monoisotopic (exact) mass is 867 g/mol. The largest absolute Gasteiger partial charge is 0.455 e. The van der Waals surface area contributed by atoms with Crippen LogP contribution in [0, 0.1) is 0 Å². The average molecular weight is 868 g/mol. The van der Waals surface area contributed by atoms with E-state index in [0.717, 1.165) is 78.8 Å². The summed E-state index contributed by atoms with van der Waals surface area (Å²) in [5.41, 5.74) is 13.3. The second kappa shape index (κ2) is 15.4. The van der Waals surface area contributed by atoms with Crippen LogP contribution in [0.3, 0.4) is 0 Å². The number of hydrogen-bond acceptors (Lipinski definition) is 4. The van der Waals surface area contributed by atoms with Gasteiger partial charge < -0.3 is 4.42 Å². The van der Waals surface area contributed by atoms with Gasteiger partial charge in [0.1, 0.15) is 11.2 Å². The zero-order chi connectivity index (χ0) is 44.7. The van der Waals surface area contributed by atoms with Crippen LogP contribution in [-0.2, 0) is 6.42 Å². The van der Waals surface area contributed by atoms with Crippen molar-refractivity contribution < 1.29 is 4.42 Å². The van der Waals surface area contributed by atoms with Crippen LogP contribution in [0.2, 0.25) is 0 Å². The molecule has 0 amide bonds. The van der Waals surface area contributed by atoms with E-state index in [4.69, 9.17) is 19.4 Å². The van der Waals surface area contributed by atoms with Gasteiger partial charge in [-0.05, 0) is 120 Å². The molecule has 68 heavy (non-hydrogen) atoms. The minimum Gasteiger partial charge on any atom is -0.455 e. The summed E-state index contributed by atoms with van der Waals surface area (Å²) < 4.78 is 7.14. The van der Waals surface area contributed by atoms with Crippen LogP contribution in [0.15, 0.2) is 223 Å². The molecule has 14 rings (SSSR count). The standard InChI is InChI=1S/C64H41N3O/c1-2-12-39(13-3-1)41-22-25-44(26-23-41)62-65-63(49-27-24-40-14-4-5-17-45(40)35-49)67-64(66-62)50-37-57(60-55-33-29-43-16-9-11-21-52(43)61(55)68-58(60)38-50)54-32-30-48-34-46-18-6-7-19-47(46)36-56(48)53-31-28-42-15-8-10-20-51(42)59(53)54/h1-29,31,33-38,54H,30,32H2. The molecule has 1 aliphatic carbocycles. The highest BCUT2D eigenvalue weighted by Gasteiger charge is 2.30. The van der Waals surface area contributed by atoms with Crippen LogP contribution in [0.4, 0.5) is 0 Å². The third kappa shape index (κ3) is 6.33.